The highest BCUT2D eigenvalue weighted by atomic mass is 19.1. The smallest absolute Gasteiger partial charge is 0.269 e. The van der Waals surface area contributed by atoms with Gasteiger partial charge in [0.25, 0.3) is 11.8 Å². The molecule has 2 rings (SSSR count). The first-order valence-corrected chi connectivity index (χ1v) is 6.13. The van der Waals surface area contributed by atoms with Crippen LogP contribution in [0.5, 0.6) is 5.75 Å². The van der Waals surface area contributed by atoms with Crippen LogP contribution in [-0.4, -0.2) is 16.9 Å². The fourth-order valence-corrected chi connectivity index (χ4v) is 1.60. The van der Waals surface area contributed by atoms with E-state index in [1.165, 1.54) is 36.4 Å². The number of hydrogen-bond acceptors (Lipinski definition) is 3. The predicted molar refractivity (Wildman–Crippen MR) is 74.2 cm³/mol. The Labute approximate surface area is 120 Å². The van der Waals surface area contributed by atoms with Gasteiger partial charge in [-0.3, -0.25) is 20.4 Å². The van der Waals surface area contributed by atoms with E-state index in [-0.39, 0.29) is 16.9 Å². The van der Waals surface area contributed by atoms with Crippen molar-refractivity contribution in [3.8, 4) is 5.75 Å². The van der Waals surface area contributed by atoms with Crippen molar-refractivity contribution in [2.24, 2.45) is 0 Å². The van der Waals surface area contributed by atoms with Crippen LogP contribution < -0.4 is 10.9 Å². The lowest BCUT2D eigenvalue weighted by Gasteiger charge is -2.08. The number of carbonyl (C=O) groups is 2. The molecule has 2 amide bonds. The van der Waals surface area contributed by atoms with Crippen LogP contribution in [-0.2, 0) is 0 Å². The molecule has 0 saturated heterocycles. The van der Waals surface area contributed by atoms with Gasteiger partial charge >= 0.3 is 0 Å². The van der Waals surface area contributed by atoms with Gasteiger partial charge in [-0.15, -0.1) is 0 Å². The van der Waals surface area contributed by atoms with Crippen molar-refractivity contribution in [1.29, 1.82) is 0 Å². The van der Waals surface area contributed by atoms with E-state index in [2.05, 4.69) is 10.9 Å². The monoisotopic (exact) mass is 288 g/mol. The zero-order valence-electron chi connectivity index (χ0n) is 11.2. The molecule has 0 aromatic heterocycles. The summed E-state index contributed by atoms with van der Waals surface area (Å²) in [7, 11) is 0. The van der Waals surface area contributed by atoms with Gasteiger partial charge in [-0.1, -0.05) is 6.07 Å². The van der Waals surface area contributed by atoms with Gasteiger partial charge in [-0.05, 0) is 48.9 Å². The Morgan fingerprint density at radius 1 is 0.952 bits per heavy atom. The lowest BCUT2D eigenvalue weighted by molar-refractivity contribution is 0.0846. The summed E-state index contributed by atoms with van der Waals surface area (Å²) < 4.78 is 13.4. The largest absolute Gasteiger partial charge is 0.508 e. The summed E-state index contributed by atoms with van der Waals surface area (Å²) in [4.78, 5) is 23.5. The van der Waals surface area contributed by atoms with Crippen LogP contribution >= 0.6 is 0 Å². The third kappa shape index (κ3) is 3.56. The molecule has 0 aliphatic rings. The van der Waals surface area contributed by atoms with Crippen LogP contribution in [0.2, 0.25) is 0 Å². The Morgan fingerprint density at radius 3 is 2.05 bits per heavy atom. The summed E-state index contributed by atoms with van der Waals surface area (Å²) in [5.41, 5.74) is 5.20. The number of rotatable bonds is 2. The molecule has 0 saturated carbocycles. The van der Waals surface area contributed by atoms with Crippen LogP contribution in [0.25, 0.3) is 0 Å². The number of halogens is 1. The second-order valence-electron chi connectivity index (χ2n) is 4.42. The molecule has 5 nitrogen and oxygen atoms in total. The molecule has 0 fully saturated rings. The van der Waals surface area contributed by atoms with Crippen LogP contribution in [0.4, 0.5) is 4.39 Å². The number of carbonyl (C=O) groups excluding carboxylic acids is 2. The molecule has 0 atom stereocenters. The lowest BCUT2D eigenvalue weighted by atomic mass is 10.1. The van der Waals surface area contributed by atoms with E-state index in [4.69, 9.17) is 5.11 Å². The molecule has 0 heterocycles. The van der Waals surface area contributed by atoms with Crippen molar-refractivity contribution in [1.82, 2.24) is 10.9 Å². The number of nitrogens with one attached hydrogen (secondary N) is 2. The lowest BCUT2D eigenvalue weighted by Crippen LogP contribution is -2.41. The van der Waals surface area contributed by atoms with Gasteiger partial charge in [0.1, 0.15) is 11.6 Å². The number of hydrogen-bond donors (Lipinski definition) is 3. The van der Waals surface area contributed by atoms with Gasteiger partial charge in [0, 0.05) is 11.1 Å². The van der Waals surface area contributed by atoms with Crippen molar-refractivity contribution >= 4 is 11.8 Å². The number of phenols is 1. The van der Waals surface area contributed by atoms with E-state index < -0.39 is 17.6 Å². The highest BCUT2D eigenvalue weighted by Gasteiger charge is 2.10. The molecule has 0 bridgehead atoms. The Hall–Kier alpha value is -2.89. The average Bonchev–Trinajstić information content (AvgIpc) is 2.48. The quantitative estimate of drug-likeness (QED) is 0.739. The van der Waals surface area contributed by atoms with E-state index in [1.54, 1.807) is 6.92 Å². The highest BCUT2D eigenvalue weighted by Crippen LogP contribution is 2.10. The topological polar surface area (TPSA) is 78.4 Å². The van der Waals surface area contributed by atoms with E-state index in [0.29, 0.717) is 5.56 Å². The minimum absolute atomic E-state index is 0.0331. The van der Waals surface area contributed by atoms with Gasteiger partial charge in [0.2, 0.25) is 0 Å². The zero-order chi connectivity index (χ0) is 15.4. The molecule has 2 aromatic rings. The van der Waals surface area contributed by atoms with Gasteiger partial charge in [-0.25, -0.2) is 4.39 Å². The Morgan fingerprint density at radius 2 is 1.48 bits per heavy atom. The van der Waals surface area contributed by atoms with E-state index in [0.717, 1.165) is 6.07 Å². The third-order valence-electron chi connectivity index (χ3n) is 2.85. The maximum atomic E-state index is 13.4. The molecular weight excluding hydrogens is 275 g/mol. The minimum Gasteiger partial charge on any atom is -0.508 e. The summed E-state index contributed by atoms with van der Waals surface area (Å²) in [5, 5.41) is 9.12. The average molecular weight is 288 g/mol. The molecule has 108 valence electrons. The number of hydrazine groups is 1. The van der Waals surface area contributed by atoms with Crippen LogP contribution in [0.15, 0.2) is 42.5 Å². The molecule has 0 unspecified atom stereocenters. The van der Waals surface area contributed by atoms with Crippen molar-refractivity contribution in [2.75, 3.05) is 0 Å². The Bertz CT molecular complexity index is 684. The van der Waals surface area contributed by atoms with Crippen LogP contribution in [0.3, 0.4) is 0 Å². The summed E-state index contributed by atoms with van der Waals surface area (Å²) in [6.07, 6.45) is 0. The maximum Gasteiger partial charge on any atom is 0.269 e. The fourth-order valence-electron chi connectivity index (χ4n) is 1.60. The number of benzene rings is 2. The molecule has 0 aliphatic carbocycles. The van der Waals surface area contributed by atoms with Gasteiger partial charge in [-0.2, -0.15) is 0 Å². The first kappa shape index (κ1) is 14.5. The molecule has 3 N–H and O–H groups in total. The minimum atomic E-state index is -0.624. The second-order valence-corrected chi connectivity index (χ2v) is 4.42. The standard InChI is InChI=1S/C15H13FN2O3/c1-9-2-3-11(8-13(9)16)15(21)18-17-14(20)10-4-6-12(19)7-5-10/h2-8,19H,1H3,(H,17,20)(H,18,21). The molecule has 6 heteroatoms. The zero-order valence-corrected chi connectivity index (χ0v) is 11.2. The number of aromatic hydroxyl groups is 1. The summed E-state index contributed by atoms with van der Waals surface area (Å²) >= 11 is 0. The number of aryl methyl sites for hydroxylation is 1. The maximum absolute atomic E-state index is 13.4. The molecule has 0 spiro atoms. The fraction of sp³-hybridized carbons (Fsp3) is 0.0667. The second kappa shape index (κ2) is 6.04. The van der Waals surface area contributed by atoms with E-state index >= 15 is 0 Å². The van der Waals surface area contributed by atoms with Crippen molar-refractivity contribution < 1.29 is 19.1 Å². The van der Waals surface area contributed by atoms with E-state index in [1.807, 2.05) is 0 Å². The van der Waals surface area contributed by atoms with Gasteiger partial charge in [0.15, 0.2) is 0 Å². The summed E-state index contributed by atoms with van der Waals surface area (Å²) in [5.74, 6) is -1.63. The molecule has 0 radical (unpaired) electrons. The SMILES string of the molecule is Cc1ccc(C(=O)NNC(=O)c2ccc(O)cc2)cc1F. The first-order chi connectivity index (χ1) is 9.97. The molecule has 0 aliphatic heterocycles. The molecule has 21 heavy (non-hydrogen) atoms. The number of phenolic OH excluding ortho intramolecular Hbond substituents is 1. The van der Waals surface area contributed by atoms with E-state index in [9.17, 15) is 14.0 Å². The predicted octanol–water partition coefficient (Wildman–Crippen LogP) is 1.91. The summed E-state index contributed by atoms with van der Waals surface area (Å²) in [6.45, 7) is 1.59. The Kier molecular flexibility index (Phi) is 4.18. The third-order valence-corrected chi connectivity index (χ3v) is 2.85. The van der Waals surface area contributed by atoms with Crippen LogP contribution in [0, 0.1) is 12.7 Å². The summed E-state index contributed by atoms with van der Waals surface area (Å²) in [6, 6.07) is 9.55. The van der Waals surface area contributed by atoms with Crippen molar-refractivity contribution in [3.63, 3.8) is 0 Å². The molecule has 2 aromatic carbocycles. The van der Waals surface area contributed by atoms with Crippen LogP contribution in [0.1, 0.15) is 26.3 Å². The highest BCUT2D eigenvalue weighted by molar-refractivity contribution is 5.99. The normalized spacial score (nSPS) is 10.0. The van der Waals surface area contributed by atoms with Crippen molar-refractivity contribution in [3.05, 3.63) is 65.0 Å². The molecular formula is C15H13FN2O3. The Balaban J connectivity index is 1.98. The van der Waals surface area contributed by atoms with Crippen molar-refractivity contribution in [2.45, 2.75) is 6.92 Å². The van der Waals surface area contributed by atoms with Gasteiger partial charge < -0.3 is 5.11 Å². The van der Waals surface area contributed by atoms with Gasteiger partial charge in [0.05, 0.1) is 0 Å². The number of amides is 2. The first-order valence-electron chi connectivity index (χ1n) is 6.13.